The third kappa shape index (κ3) is 36.2. The van der Waals surface area contributed by atoms with Crippen LogP contribution in [-0.2, 0) is 33.2 Å². The molecule has 17 unspecified atom stereocenters. The quantitative estimate of drug-likeness (QED) is 0.0199. The molecule has 19 heteroatoms. The maximum absolute atomic E-state index is 13.4. The molecule has 1 amide bonds. The summed E-state index contributed by atoms with van der Waals surface area (Å²) in [5, 5.41) is 121. The zero-order valence-electron chi connectivity index (χ0n) is 57.5. The number of rotatable bonds is 59. The van der Waals surface area contributed by atoms with Gasteiger partial charge in [0.15, 0.2) is 18.9 Å². The van der Waals surface area contributed by atoms with Crippen molar-refractivity contribution in [3.05, 3.63) is 24.3 Å². The second-order valence-corrected chi connectivity index (χ2v) is 27.1. The Morgan fingerprint density at radius 3 is 1.09 bits per heavy atom. The first-order chi connectivity index (χ1) is 44.8. The standard InChI is InChI=1S/C73H137NO18/c1-3-5-7-9-11-13-15-17-19-21-23-25-27-28-29-31-33-35-37-39-41-43-45-47-49-51-61(79)74-56(57(78)50-48-46-44-42-40-38-36-34-32-30-26-24-22-20-18-16-14-12-10-8-6-4-2)55-87-71-67(85)64(82)69(59(53-76)89-71)92-73-68(86)65(83)70(60(54-77)90-73)91-72-66(84)63(81)62(80)58(52-75)88-72/h40,42,48,50,56-60,62-73,75-78,80-86H,3-39,41,43-47,49,51-55H2,1-2H3,(H,74,79)/b42-40+,50-48+. The van der Waals surface area contributed by atoms with Crippen LogP contribution in [0.5, 0.6) is 0 Å². The third-order valence-corrected chi connectivity index (χ3v) is 19.0. The maximum Gasteiger partial charge on any atom is 0.220 e. The summed E-state index contributed by atoms with van der Waals surface area (Å²) in [4.78, 5) is 13.4. The van der Waals surface area contributed by atoms with Crippen LogP contribution in [-0.4, -0.2) is 193 Å². The monoisotopic (exact) mass is 1320 g/mol. The van der Waals surface area contributed by atoms with E-state index in [4.69, 9.17) is 28.4 Å². The highest BCUT2D eigenvalue weighted by Crippen LogP contribution is 2.33. The van der Waals surface area contributed by atoms with Gasteiger partial charge in [0.05, 0.1) is 38.6 Å². The smallest absolute Gasteiger partial charge is 0.220 e. The fourth-order valence-corrected chi connectivity index (χ4v) is 12.9. The molecule has 0 aliphatic carbocycles. The first kappa shape index (κ1) is 84.5. The van der Waals surface area contributed by atoms with Crippen molar-refractivity contribution < 1.29 is 89.4 Å². The maximum atomic E-state index is 13.4. The lowest BCUT2D eigenvalue weighted by Gasteiger charge is -2.48. The number of nitrogens with one attached hydrogen (secondary N) is 1. The van der Waals surface area contributed by atoms with Gasteiger partial charge >= 0.3 is 0 Å². The Kier molecular flexibility index (Phi) is 50.7. The molecule has 3 heterocycles. The minimum absolute atomic E-state index is 0.241. The van der Waals surface area contributed by atoms with E-state index < -0.39 is 124 Å². The Morgan fingerprint density at radius 1 is 0.380 bits per heavy atom. The van der Waals surface area contributed by atoms with Gasteiger partial charge in [0.25, 0.3) is 0 Å². The second kappa shape index (κ2) is 55.2. The molecule has 542 valence electrons. The first-order valence-corrected chi connectivity index (χ1v) is 37.6. The van der Waals surface area contributed by atoms with Crippen LogP contribution in [0.15, 0.2) is 24.3 Å². The van der Waals surface area contributed by atoms with E-state index in [1.165, 1.54) is 231 Å². The molecular formula is C73H137NO18. The van der Waals surface area contributed by atoms with Gasteiger partial charge in [0.2, 0.25) is 5.91 Å². The predicted octanol–water partition coefficient (Wildman–Crippen LogP) is 11.0. The highest BCUT2D eigenvalue weighted by atomic mass is 16.8. The van der Waals surface area contributed by atoms with Crippen LogP contribution < -0.4 is 5.32 Å². The van der Waals surface area contributed by atoms with E-state index >= 15 is 0 Å². The van der Waals surface area contributed by atoms with Gasteiger partial charge in [-0.15, -0.1) is 0 Å². The fraction of sp³-hybridized carbons (Fsp3) is 0.932. The van der Waals surface area contributed by atoms with Crippen LogP contribution in [0.2, 0.25) is 0 Å². The summed E-state index contributed by atoms with van der Waals surface area (Å²) >= 11 is 0. The molecule has 0 bridgehead atoms. The van der Waals surface area contributed by atoms with Crippen LogP contribution >= 0.6 is 0 Å². The lowest BCUT2D eigenvalue weighted by Crippen LogP contribution is -2.66. The van der Waals surface area contributed by atoms with Gasteiger partial charge in [-0.05, 0) is 32.1 Å². The van der Waals surface area contributed by atoms with E-state index in [1.54, 1.807) is 6.08 Å². The van der Waals surface area contributed by atoms with Crippen molar-refractivity contribution in [2.24, 2.45) is 0 Å². The summed E-state index contributed by atoms with van der Waals surface area (Å²) in [5.41, 5.74) is 0. The van der Waals surface area contributed by atoms with E-state index in [0.717, 1.165) is 38.5 Å². The SMILES string of the molecule is CCCCCCCCCCCCCCCCCC/C=C/CC/C=C/C(O)C(COC1OC(CO)C(OC2OC(CO)C(OC3OC(CO)C(O)C(O)C3O)C(O)C2O)C(O)C1O)NC(=O)CCCCCCCCCCCCCCCCCCCCCCCCCCC. The van der Waals surface area contributed by atoms with Gasteiger partial charge < -0.3 is 89.9 Å². The van der Waals surface area contributed by atoms with Gasteiger partial charge in [0, 0.05) is 6.42 Å². The van der Waals surface area contributed by atoms with Crippen LogP contribution in [0.1, 0.15) is 303 Å². The number of carbonyl (C=O) groups is 1. The van der Waals surface area contributed by atoms with Gasteiger partial charge in [-0.2, -0.15) is 0 Å². The molecule has 0 aromatic heterocycles. The highest BCUT2D eigenvalue weighted by Gasteiger charge is 2.53. The van der Waals surface area contributed by atoms with Gasteiger partial charge in [0.1, 0.15) is 73.2 Å². The van der Waals surface area contributed by atoms with Crippen LogP contribution in [0.25, 0.3) is 0 Å². The van der Waals surface area contributed by atoms with Crippen molar-refractivity contribution in [2.75, 3.05) is 26.4 Å². The minimum atomic E-state index is -1.98. The Hall–Kier alpha value is -1.73. The Balaban J connectivity index is 1.42. The molecule has 92 heavy (non-hydrogen) atoms. The molecule has 3 aliphatic rings. The Labute approximate surface area is 556 Å². The molecule has 3 aliphatic heterocycles. The van der Waals surface area contributed by atoms with Gasteiger partial charge in [-0.3, -0.25) is 4.79 Å². The molecule has 17 atom stereocenters. The lowest BCUT2D eigenvalue weighted by atomic mass is 9.96. The van der Waals surface area contributed by atoms with Crippen molar-refractivity contribution in [3.63, 3.8) is 0 Å². The molecule has 0 saturated carbocycles. The molecule has 0 radical (unpaired) electrons. The topological polar surface area (TPSA) is 307 Å². The van der Waals surface area contributed by atoms with Crippen LogP contribution in [0.4, 0.5) is 0 Å². The molecule has 0 spiro atoms. The van der Waals surface area contributed by atoms with E-state index in [0.29, 0.717) is 12.8 Å². The first-order valence-electron chi connectivity index (χ1n) is 37.6. The third-order valence-electron chi connectivity index (χ3n) is 19.0. The number of carbonyl (C=O) groups excluding carboxylic acids is 1. The summed E-state index contributed by atoms with van der Waals surface area (Å²) in [6, 6.07) is -0.987. The highest BCUT2D eigenvalue weighted by molar-refractivity contribution is 5.76. The number of aliphatic hydroxyl groups is 11. The van der Waals surface area contributed by atoms with Crippen molar-refractivity contribution in [1.82, 2.24) is 5.32 Å². The molecule has 12 N–H and O–H groups in total. The number of ether oxygens (including phenoxy) is 6. The van der Waals surface area contributed by atoms with Gasteiger partial charge in [-0.25, -0.2) is 0 Å². The van der Waals surface area contributed by atoms with E-state index in [9.17, 15) is 61.0 Å². The summed E-state index contributed by atoms with van der Waals surface area (Å²) in [7, 11) is 0. The molecule has 3 rings (SSSR count). The average molecular weight is 1320 g/mol. The van der Waals surface area contributed by atoms with Crippen LogP contribution in [0.3, 0.4) is 0 Å². The van der Waals surface area contributed by atoms with E-state index in [2.05, 4.69) is 31.3 Å². The van der Waals surface area contributed by atoms with Crippen molar-refractivity contribution in [2.45, 2.75) is 407 Å². The zero-order valence-corrected chi connectivity index (χ0v) is 57.5. The molecular weight excluding hydrogens is 1180 g/mol. The summed E-state index contributed by atoms with van der Waals surface area (Å²) in [6.07, 6.45) is 37.3. The molecule has 19 nitrogen and oxygen atoms in total. The normalized spacial score (nSPS) is 27.8. The van der Waals surface area contributed by atoms with Crippen molar-refractivity contribution >= 4 is 5.91 Å². The second-order valence-electron chi connectivity index (χ2n) is 27.1. The largest absolute Gasteiger partial charge is 0.394 e. The average Bonchev–Trinajstić information content (AvgIpc) is 0.863. The molecule has 3 saturated heterocycles. The Morgan fingerprint density at radius 2 is 0.696 bits per heavy atom. The number of amides is 1. The molecule has 0 aromatic carbocycles. The number of hydrogen-bond donors (Lipinski definition) is 12. The number of hydrogen-bond acceptors (Lipinski definition) is 18. The Bertz CT molecular complexity index is 1760. The summed E-state index contributed by atoms with van der Waals surface area (Å²) in [5.74, 6) is -0.278. The number of allylic oxidation sites excluding steroid dienone is 3. The van der Waals surface area contributed by atoms with E-state index in [-0.39, 0.29) is 18.9 Å². The van der Waals surface area contributed by atoms with Crippen molar-refractivity contribution in [1.29, 1.82) is 0 Å². The molecule has 0 aromatic rings. The van der Waals surface area contributed by atoms with E-state index in [1.807, 2.05) is 6.08 Å². The fourth-order valence-electron chi connectivity index (χ4n) is 12.9. The predicted molar refractivity (Wildman–Crippen MR) is 360 cm³/mol. The minimum Gasteiger partial charge on any atom is -0.394 e. The number of unbranched alkanes of at least 4 members (excludes halogenated alkanes) is 41. The van der Waals surface area contributed by atoms with Gasteiger partial charge in [-0.1, -0.05) is 289 Å². The zero-order chi connectivity index (χ0) is 66.8. The lowest BCUT2D eigenvalue weighted by molar-refractivity contribution is -0.379. The van der Waals surface area contributed by atoms with Crippen LogP contribution in [0, 0.1) is 0 Å². The van der Waals surface area contributed by atoms with Crippen molar-refractivity contribution in [3.8, 4) is 0 Å². The molecule has 3 fully saturated rings. The summed E-state index contributed by atoms with van der Waals surface area (Å²) in [6.45, 7) is 1.77. The summed E-state index contributed by atoms with van der Waals surface area (Å²) < 4.78 is 34.4. The number of aliphatic hydroxyl groups excluding tert-OH is 11.